The maximum Gasteiger partial charge on any atom is 0.248 e. The van der Waals surface area contributed by atoms with Gasteiger partial charge in [-0.2, -0.15) is 0 Å². The smallest absolute Gasteiger partial charge is 0.248 e. The number of aromatic nitrogens is 1. The molecule has 0 radical (unpaired) electrons. The first kappa shape index (κ1) is 10.4. The Labute approximate surface area is 99.3 Å². The van der Waals surface area contributed by atoms with Crippen LogP contribution in [-0.2, 0) is 0 Å². The number of nitrogens with one attached hydrogen (secondary N) is 2. The molecule has 0 amide bonds. The summed E-state index contributed by atoms with van der Waals surface area (Å²) >= 11 is 0. The number of anilines is 1. The maximum absolute atomic E-state index is 11.3. The van der Waals surface area contributed by atoms with E-state index in [-0.39, 0.29) is 5.56 Å². The standard InChI is InChI=1S/C13H15N3O/c17-13-5-4-10-11(15-13)2-1-3-12(10)16-8-6-14-7-9-16/h1-5,14H,6-9H2,(H,15,17). The van der Waals surface area contributed by atoms with E-state index < -0.39 is 0 Å². The zero-order valence-electron chi connectivity index (χ0n) is 9.57. The lowest BCUT2D eigenvalue weighted by atomic mass is 10.1. The van der Waals surface area contributed by atoms with Crippen molar-refractivity contribution in [3.63, 3.8) is 0 Å². The first-order valence-corrected chi connectivity index (χ1v) is 5.92. The molecule has 1 aromatic carbocycles. The molecule has 0 atom stereocenters. The summed E-state index contributed by atoms with van der Waals surface area (Å²) in [5.74, 6) is 0. The van der Waals surface area contributed by atoms with E-state index in [4.69, 9.17) is 0 Å². The number of pyridine rings is 1. The van der Waals surface area contributed by atoms with Crippen molar-refractivity contribution >= 4 is 16.6 Å². The van der Waals surface area contributed by atoms with Crippen LogP contribution < -0.4 is 15.8 Å². The number of H-pyrrole nitrogens is 1. The van der Waals surface area contributed by atoms with E-state index in [1.54, 1.807) is 6.07 Å². The zero-order chi connectivity index (χ0) is 11.7. The van der Waals surface area contributed by atoms with Crippen LogP contribution in [0.3, 0.4) is 0 Å². The predicted molar refractivity (Wildman–Crippen MR) is 69.7 cm³/mol. The van der Waals surface area contributed by atoms with Crippen LogP contribution in [0.2, 0.25) is 0 Å². The monoisotopic (exact) mass is 229 g/mol. The minimum Gasteiger partial charge on any atom is -0.368 e. The Morgan fingerprint density at radius 1 is 1.06 bits per heavy atom. The van der Waals surface area contributed by atoms with Gasteiger partial charge in [0.05, 0.1) is 5.52 Å². The van der Waals surface area contributed by atoms with Gasteiger partial charge in [0.2, 0.25) is 5.56 Å². The van der Waals surface area contributed by atoms with Crippen LogP contribution in [-0.4, -0.2) is 31.2 Å². The minimum atomic E-state index is -0.0463. The van der Waals surface area contributed by atoms with Crippen molar-refractivity contribution in [1.82, 2.24) is 10.3 Å². The van der Waals surface area contributed by atoms with Gasteiger partial charge in [0, 0.05) is 43.3 Å². The third-order valence-corrected chi connectivity index (χ3v) is 3.20. The molecule has 1 saturated heterocycles. The fourth-order valence-electron chi connectivity index (χ4n) is 2.35. The Morgan fingerprint density at radius 2 is 1.88 bits per heavy atom. The number of nitrogens with zero attached hydrogens (tertiary/aromatic N) is 1. The predicted octanol–water partition coefficient (Wildman–Crippen LogP) is 0.938. The van der Waals surface area contributed by atoms with E-state index in [1.807, 2.05) is 18.2 Å². The second-order valence-corrected chi connectivity index (χ2v) is 4.30. The van der Waals surface area contributed by atoms with Crippen molar-refractivity contribution in [3.05, 3.63) is 40.7 Å². The van der Waals surface area contributed by atoms with Gasteiger partial charge in [0.15, 0.2) is 0 Å². The first-order chi connectivity index (χ1) is 8.34. The lowest BCUT2D eigenvalue weighted by molar-refractivity contribution is 0.590. The molecule has 0 aliphatic carbocycles. The van der Waals surface area contributed by atoms with E-state index >= 15 is 0 Å². The van der Waals surface area contributed by atoms with Crippen molar-refractivity contribution in [2.24, 2.45) is 0 Å². The Bertz CT molecular complexity index is 584. The summed E-state index contributed by atoms with van der Waals surface area (Å²) < 4.78 is 0. The van der Waals surface area contributed by atoms with Crippen LogP contribution >= 0.6 is 0 Å². The summed E-state index contributed by atoms with van der Waals surface area (Å²) in [5.41, 5.74) is 2.07. The molecule has 2 heterocycles. The van der Waals surface area contributed by atoms with Crippen LogP contribution in [0.1, 0.15) is 0 Å². The van der Waals surface area contributed by atoms with Gasteiger partial charge in [-0.25, -0.2) is 0 Å². The van der Waals surface area contributed by atoms with Crippen LogP contribution in [0.25, 0.3) is 10.9 Å². The molecule has 0 spiro atoms. The topological polar surface area (TPSA) is 48.1 Å². The Morgan fingerprint density at radius 3 is 2.71 bits per heavy atom. The summed E-state index contributed by atoms with van der Waals surface area (Å²) in [6.45, 7) is 4.05. The van der Waals surface area contributed by atoms with Gasteiger partial charge >= 0.3 is 0 Å². The van der Waals surface area contributed by atoms with E-state index in [0.717, 1.165) is 37.1 Å². The molecule has 17 heavy (non-hydrogen) atoms. The highest BCUT2D eigenvalue weighted by molar-refractivity contribution is 5.91. The Kier molecular flexibility index (Phi) is 2.57. The Hall–Kier alpha value is -1.81. The molecule has 2 N–H and O–H groups in total. The lowest BCUT2D eigenvalue weighted by Gasteiger charge is -2.30. The summed E-state index contributed by atoms with van der Waals surface area (Å²) in [7, 11) is 0. The summed E-state index contributed by atoms with van der Waals surface area (Å²) in [6.07, 6.45) is 0. The number of piperazine rings is 1. The molecule has 4 heteroatoms. The van der Waals surface area contributed by atoms with E-state index in [2.05, 4.69) is 21.3 Å². The minimum absolute atomic E-state index is 0.0463. The number of hydrogen-bond acceptors (Lipinski definition) is 3. The molecular formula is C13H15N3O. The molecule has 2 aromatic rings. The number of hydrogen-bond donors (Lipinski definition) is 2. The van der Waals surface area contributed by atoms with Gasteiger partial charge in [-0.1, -0.05) is 6.07 Å². The third kappa shape index (κ3) is 1.91. The van der Waals surface area contributed by atoms with Gasteiger partial charge in [-0.15, -0.1) is 0 Å². The Balaban J connectivity index is 2.12. The summed E-state index contributed by atoms with van der Waals surface area (Å²) in [6, 6.07) is 9.56. The van der Waals surface area contributed by atoms with Gasteiger partial charge in [0.25, 0.3) is 0 Å². The highest BCUT2D eigenvalue weighted by atomic mass is 16.1. The molecule has 1 aliphatic rings. The molecule has 3 rings (SSSR count). The number of aromatic amines is 1. The van der Waals surface area contributed by atoms with Crippen molar-refractivity contribution in [1.29, 1.82) is 0 Å². The average molecular weight is 229 g/mol. The number of benzene rings is 1. The van der Waals surface area contributed by atoms with Gasteiger partial charge in [-0.05, 0) is 18.2 Å². The van der Waals surface area contributed by atoms with E-state index in [9.17, 15) is 4.79 Å². The normalized spacial score (nSPS) is 16.4. The molecule has 1 aliphatic heterocycles. The van der Waals surface area contributed by atoms with Crippen LogP contribution in [0.4, 0.5) is 5.69 Å². The second-order valence-electron chi connectivity index (χ2n) is 4.30. The van der Waals surface area contributed by atoms with E-state index in [0.29, 0.717) is 0 Å². The highest BCUT2D eigenvalue weighted by Crippen LogP contribution is 2.24. The molecule has 1 aromatic heterocycles. The molecule has 1 fully saturated rings. The molecule has 0 unspecified atom stereocenters. The first-order valence-electron chi connectivity index (χ1n) is 5.92. The lowest BCUT2D eigenvalue weighted by Crippen LogP contribution is -2.43. The fourth-order valence-corrected chi connectivity index (χ4v) is 2.35. The number of fused-ring (bicyclic) bond motifs is 1. The number of rotatable bonds is 1. The van der Waals surface area contributed by atoms with Crippen molar-refractivity contribution in [3.8, 4) is 0 Å². The van der Waals surface area contributed by atoms with Crippen molar-refractivity contribution in [2.45, 2.75) is 0 Å². The van der Waals surface area contributed by atoms with Crippen molar-refractivity contribution in [2.75, 3.05) is 31.1 Å². The second kappa shape index (κ2) is 4.22. The van der Waals surface area contributed by atoms with Crippen LogP contribution in [0.5, 0.6) is 0 Å². The average Bonchev–Trinajstić information content (AvgIpc) is 2.39. The molecular weight excluding hydrogens is 214 g/mol. The molecule has 0 saturated carbocycles. The van der Waals surface area contributed by atoms with Crippen LogP contribution in [0.15, 0.2) is 35.1 Å². The summed E-state index contributed by atoms with van der Waals surface area (Å²) in [4.78, 5) is 16.5. The van der Waals surface area contributed by atoms with Gasteiger partial charge in [-0.3, -0.25) is 4.79 Å². The van der Waals surface area contributed by atoms with Gasteiger partial charge < -0.3 is 15.2 Å². The fraction of sp³-hybridized carbons (Fsp3) is 0.308. The third-order valence-electron chi connectivity index (χ3n) is 3.20. The maximum atomic E-state index is 11.3. The van der Waals surface area contributed by atoms with Crippen LogP contribution in [0, 0.1) is 0 Å². The van der Waals surface area contributed by atoms with Crippen molar-refractivity contribution < 1.29 is 0 Å². The van der Waals surface area contributed by atoms with Gasteiger partial charge in [0.1, 0.15) is 0 Å². The SMILES string of the molecule is O=c1ccc2c(N3CCNCC3)cccc2[nH]1. The van der Waals surface area contributed by atoms with E-state index in [1.165, 1.54) is 5.69 Å². The quantitative estimate of drug-likeness (QED) is 0.765. The highest BCUT2D eigenvalue weighted by Gasteiger charge is 2.12. The largest absolute Gasteiger partial charge is 0.368 e. The molecule has 4 nitrogen and oxygen atoms in total. The molecule has 0 bridgehead atoms. The molecule has 88 valence electrons. The zero-order valence-corrected chi connectivity index (χ0v) is 9.57. The summed E-state index contributed by atoms with van der Waals surface area (Å²) in [5, 5.41) is 4.46.